The summed E-state index contributed by atoms with van der Waals surface area (Å²) in [6, 6.07) is 15.5. The summed E-state index contributed by atoms with van der Waals surface area (Å²) in [7, 11) is 0. The van der Waals surface area contributed by atoms with Crippen molar-refractivity contribution >= 4 is 16.9 Å². The van der Waals surface area contributed by atoms with Gasteiger partial charge < -0.3 is 24.3 Å². The summed E-state index contributed by atoms with van der Waals surface area (Å²) in [4.78, 5) is 13.2. The van der Waals surface area contributed by atoms with Crippen molar-refractivity contribution in [3.05, 3.63) is 65.4 Å². The lowest BCUT2D eigenvalue weighted by Crippen LogP contribution is -2.54. The van der Waals surface area contributed by atoms with Crippen LogP contribution in [0.15, 0.2) is 52.9 Å². The molecule has 3 aromatic rings. The van der Waals surface area contributed by atoms with Gasteiger partial charge in [-0.1, -0.05) is 30.3 Å². The molecule has 6 nitrogen and oxygen atoms in total. The Morgan fingerprint density at radius 3 is 2.55 bits per heavy atom. The fraction of sp³-hybridized carbons (Fsp3) is 0.400. The van der Waals surface area contributed by atoms with E-state index in [1.807, 2.05) is 62.4 Å². The van der Waals surface area contributed by atoms with Crippen LogP contribution in [-0.4, -0.2) is 36.4 Å². The van der Waals surface area contributed by atoms with Crippen LogP contribution in [0, 0.1) is 6.92 Å². The van der Waals surface area contributed by atoms with Crippen LogP contribution in [0.2, 0.25) is 0 Å². The lowest BCUT2D eigenvalue weighted by Gasteiger charge is -2.36. The molecule has 1 aromatic heterocycles. The zero-order valence-corrected chi connectivity index (χ0v) is 18.2. The van der Waals surface area contributed by atoms with E-state index in [9.17, 15) is 9.90 Å². The Hall–Kier alpha value is -2.83. The van der Waals surface area contributed by atoms with Crippen molar-refractivity contribution in [1.82, 2.24) is 5.32 Å². The van der Waals surface area contributed by atoms with Crippen LogP contribution in [-0.2, 0) is 10.3 Å². The highest BCUT2D eigenvalue weighted by molar-refractivity contribution is 6.07. The number of fused-ring (bicyclic) bond motifs is 1. The van der Waals surface area contributed by atoms with E-state index >= 15 is 0 Å². The summed E-state index contributed by atoms with van der Waals surface area (Å²) in [5, 5.41) is 13.7. The van der Waals surface area contributed by atoms with Crippen LogP contribution in [0.3, 0.4) is 0 Å². The van der Waals surface area contributed by atoms with Gasteiger partial charge in [0.25, 0.3) is 5.91 Å². The van der Waals surface area contributed by atoms with Gasteiger partial charge in [-0.15, -0.1) is 0 Å². The first-order chi connectivity index (χ1) is 14.8. The zero-order valence-electron chi connectivity index (χ0n) is 18.2. The lowest BCUT2D eigenvalue weighted by molar-refractivity contribution is 0.0125. The fourth-order valence-corrected chi connectivity index (χ4v) is 4.13. The van der Waals surface area contributed by atoms with E-state index in [4.69, 9.17) is 13.9 Å². The third-order valence-electron chi connectivity index (χ3n) is 6.04. The molecule has 1 amide bonds. The smallest absolute Gasteiger partial charge is 0.255 e. The highest BCUT2D eigenvalue weighted by Gasteiger charge is 2.35. The van der Waals surface area contributed by atoms with E-state index in [0.717, 1.165) is 5.56 Å². The number of carbonyl (C=O) groups is 1. The number of aliphatic hydroxyl groups is 1. The van der Waals surface area contributed by atoms with E-state index in [-0.39, 0.29) is 12.5 Å². The third-order valence-corrected chi connectivity index (χ3v) is 6.04. The minimum absolute atomic E-state index is 0.128. The number of carbonyl (C=O) groups excluding carboxylic acids is 1. The Balaban J connectivity index is 1.64. The number of furan rings is 1. The minimum Gasteiger partial charge on any atom is -0.483 e. The maximum atomic E-state index is 13.2. The third kappa shape index (κ3) is 4.31. The average Bonchev–Trinajstić information content (AvgIpc) is 3.10. The van der Waals surface area contributed by atoms with Crippen molar-refractivity contribution in [2.75, 3.05) is 19.8 Å². The number of benzene rings is 2. The van der Waals surface area contributed by atoms with Crippen molar-refractivity contribution in [1.29, 1.82) is 0 Å². The molecule has 2 N–H and O–H groups in total. The van der Waals surface area contributed by atoms with E-state index in [1.165, 1.54) is 0 Å². The molecule has 0 bridgehead atoms. The number of nitrogens with one attached hydrogen (secondary N) is 1. The summed E-state index contributed by atoms with van der Waals surface area (Å²) in [6.45, 7) is 6.69. The van der Waals surface area contributed by atoms with Crippen LogP contribution in [0.1, 0.15) is 48.4 Å². The molecule has 4 rings (SSSR count). The summed E-state index contributed by atoms with van der Waals surface area (Å²) < 4.78 is 17.5. The molecule has 164 valence electrons. The van der Waals surface area contributed by atoms with Gasteiger partial charge in [-0.3, -0.25) is 4.79 Å². The molecule has 31 heavy (non-hydrogen) atoms. The van der Waals surface area contributed by atoms with Gasteiger partial charge >= 0.3 is 0 Å². The Morgan fingerprint density at radius 1 is 1.16 bits per heavy atom. The van der Waals surface area contributed by atoms with Crippen LogP contribution in [0.5, 0.6) is 5.75 Å². The molecule has 0 unspecified atom stereocenters. The largest absolute Gasteiger partial charge is 0.483 e. The van der Waals surface area contributed by atoms with Gasteiger partial charge in [-0.25, -0.2) is 0 Å². The number of hydrogen-bond donors (Lipinski definition) is 2. The van der Waals surface area contributed by atoms with Crippen LogP contribution >= 0.6 is 0 Å². The summed E-state index contributed by atoms with van der Waals surface area (Å²) in [6.07, 6.45) is 1.15. The zero-order chi connectivity index (χ0) is 22.1. The normalized spacial score (nSPS) is 16.3. The van der Waals surface area contributed by atoms with Crippen LogP contribution < -0.4 is 10.1 Å². The summed E-state index contributed by atoms with van der Waals surface area (Å²) >= 11 is 0. The topological polar surface area (TPSA) is 80.9 Å². The van der Waals surface area contributed by atoms with Crippen LogP contribution in [0.4, 0.5) is 0 Å². The molecule has 1 aliphatic heterocycles. The Bertz CT molecular complexity index is 1060. The van der Waals surface area contributed by atoms with Gasteiger partial charge in [0, 0.05) is 18.6 Å². The maximum absolute atomic E-state index is 13.2. The van der Waals surface area contributed by atoms with Gasteiger partial charge in [0.15, 0.2) is 0 Å². The molecule has 1 fully saturated rings. The number of hydrogen-bond acceptors (Lipinski definition) is 5. The Labute approximate surface area is 182 Å². The van der Waals surface area contributed by atoms with Crippen molar-refractivity contribution in [2.45, 2.75) is 44.8 Å². The monoisotopic (exact) mass is 423 g/mol. The number of aryl methyl sites for hydroxylation is 1. The maximum Gasteiger partial charge on any atom is 0.255 e. The SMILES string of the molecule is Cc1oc2ccc(OC(C)(C)c3ccccc3)cc2c1C(=O)NC1(CO)CCOCC1. The number of rotatable bonds is 6. The van der Waals surface area contributed by atoms with Gasteiger partial charge in [0.05, 0.1) is 17.7 Å². The summed E-state index contributed by atoms with van der Waals surface area (Å²) in [5.74, 6) is 0.929. The molecular formula is C25H29NO5. The quantitative estimate of drug-likeness (QED) is 0.617. The molecule has 0 aliphatic carbocycles. The Morgan fingerprint density at radius 2 is 1.87 bits per heavy atom. The van der Waals surface area contributed by atoms with Crippen molar-refractivity contribution < 1.29 is 23.8 Å². The van der Waals surface area contributed by atoms with Crippen molar-refractivity contribution in [3.63, 3.8) is 0 Å². The Kier molecular flexibility index (Phi) is 5.77. The first kappa shape index (κ1) is 21.4. The van der Waals surface area contributed by atoms with E-state index in [2.05, 4.69) is 5.32 Å². The van der Waals surface area contributed by atoms with Crippen molar-refractivity contribution in [2.24, 2.45) is 0 Å². The highest BCUT2D eigenvalue weighted by Crippen LogP contribution is 2.33. The molecule has 0 spiro atoms. The molecule has 0 saturated carbocycles. The molecule has 6 heteroatoms. The van der Waals surface area contributed by atoms with E-state index in [1.54, 1.807) is 6.92 Å². The lowest BCUT2D eigenvalue weighted by atomic mass is 9.90. The number of amides is 1. The average molecular weight is 424 g/mol. The molecule has 1 aliphatic rings. The minimum atomic E-state index is -0.672. The first-order valence-electron chi connectivity index (χ1n) is 10.6. The second-order valence-corrected chi connectivity index (χ2v) is 8.67. The molecule has 1 saturated heterocycles. The molecule has 0 radical (unpaired) electrons. The van der Waals surface area contributed by atoms with E-state index < -0.39 is 11.1 Å². The fourth-order valence-electron chi connectivity index (χ4n) is 4.13. The number of ether oxygens (including phenoxy) is 2. The molecule has 0 atom stereocenters. The van der Waals surface area contributed by atoms with Gasteiger partial charge in [0.2, 0.25) is 0 Å². The van der Waals surface area contributed by atoms with Gasteiger partial charge in [-0.05, 0) is 57.4 Å². The van der Waals surface area contributed by atoms with Gasteiger partial charge in [0.1, 0.15) is 22.7 Å². The second-order valence-electron chi connectivity index (χ2n) is 8.67. The van der Waals surface area contributed by atoms with Crippen LogP contribution in [0.25, 0.3) is 11.0 Å². The standard InChI is InChI=1S/C25H29NO5/c1-17-22(23(28)26-25(16-27)11-13-29-14-12-25)20-15-19(9-10-21(20)30-17)31-24(2,3)18-7-5-4-6-8-18/h4-10,15,27H,11-14,16H2,1-3H3,(H,26,28). The predicted octanol–water partition coefficient (Wildman–Crippen LogP) is 4.33. The predicted molar refractivity (Wildman–Crippen MR) is 118 cm³/mol. The molecular weight excluding hydrogens is 394 g/mol. The molecule has 2 heterocycles. The highest BCUT2D eigenvalue weighted by atomic mass is 16.5. The van der Waals surface area contributed by atoms with Crippen molar-refractivity contribution in [3.8, 4) is 5.75 Å². The number of aliphatic hydroxyl groups excluding tert-OH is 1. The first-order valence-corrected chi connectivity index (χ1v) is 10.6. The van der Waals surface area contributed by atoms with Gasteiger partial charge in [-0.2, -0.15) is 0 Å². The summed E-state index contributed by atoms with van der Waals surface area (Å²) in [5.41, 5.74) is 0.934. The van der Waals surface area contributed by atoms with E-state index in [0.29, 0.717) is 54.1 Å². The molecule has 2 aromatic carbocycles. The second kappa shape index (κ2) is 8.36.